The van der Waals surface area contributed by atoms with E-state index in [1.54, 1.807) is 37.1 Å². The molecule has 1 N–H and O–H groups in total. The van der Waals surface area contributed by atoms with Gasteiger partial charge in [0.1, 0.15) is 5.69 Å². The van der Waals surface area contributed by atoms with Crippen molar-refractivity contribution in [2.24, 2.45) is 7.05 Å². The fourth-order valence-corrected chi connectivity index (χ4v) is 3.71. The smallest absolute Gasteiger partial charge is 0.268 e. The van der Waals surface area contributed by atoms with E-state index in [0.717, 1.165) is 0 Å². The molecule has 34 heavy (non-hydrogen) atoms. The number of fused-ring (bicyclic) bond motifs is 1. The first-order valence-electron chi connectivity index (χ1n) is 11.0. The van der Waals surface area contributed by atoms with Crippen molar-refractivity contribution in [2.45, 2.75) is 46.5 Å². The number of tetrazole rings is 1. The molecule has 0 spiro atoms. The highest BCUT2D eigenvalue weighted by Gasteiger charge is 2.29. The minimum atomic E-state index is -0.416. The van der Waals surface area contributed by atoms with Crippen LogP contribution in [0.2, 0.25) is 0 Å². The molecule has 11 heteroatoms. The zero-order valence-electron chi connectivity index (χ0n) is 19.9. The Balaban J connectivity index is 1.87. The lowest BCUT2D eigenvalue weighted by Crippen LogP contribution is -2.35. The van der Waals surface area contributed by atoms with Crippen molar-refractivity contribution in [2.75, 3.05) is 13.2 Å². The van der Waals surface area contributed by atoms with Crippen LogP contribution >= 0.6 is 0 Å². The average molecular weight is 472 g/mol. The number of nitrogens with zero attached hydrogens (tertiary/aromatic N) is 6. The first-order chi connectivity index (χ1) is 16.2. The largest absolute Gasteiger partial charge is 0.373 e. The number of aryl methyl sites for hydroxylation is 1. The Morgan fingerprint density at radius 3 is 2.79 bits per heavy atom. The highest BCUT2D eigenvalue weighted by Crippen LogP contribution is 2.23. The van der Waals surface area contributed by atoms with Gasteiger partial charge in [0.15, 0.2) is 5.82 Å². The second kappa shape index (κ2) is 11.0. The molecule has 2 aromatic rings. The third-order valence-electron chi connectivity index (χ3n) is 5.51. The summed E-state index contributed by atoms with van der Waals surface area (Å²) in [7, 11) is 1.66. The first kappa shape index (κ1) is 25.0. The molecule has 0 aliphatic carbocycles. The third-order valence-corrected chi connectivity index (χ3v) is 5.51. The molecule has 1 aliphatic rings. The number of allylic oxidation sites excluding steroid dienone is 3. The lowest BCUT2D eigenvalue weighted by atomic mass is 10.1. The summed E-state index contributed by atoms with van der Waals surface area (Å²) >= 11 is 0. The zero-order chi connectivity index (χ0) is 24.8. The molecule has 10 nitrogen and oxygen atoms in total. The van der Waals surface area contributed by atoms with Crippen molar-refractivity contribution in [1.82, 2.24) is 35.0 Å². The molecular weight excluding hydrogens is 441 g/mol. The van der Waals surface area contributed by atoms with Crippen LogP contribution in [0, 0.1) is 0 Å². The van der Waals surface area contributed by atoms with E-state index in [0.29, 0.717) is 48.0 Å². The van der Waals surface area contributed by atoms with E-state index in [4.69, 9.17) is 4.74 Å². The minimum absolute atomic E-state index is 0.197. The minimum Gasteiger partial charge on any atom is -0.373 e. The molecule has 2 aromatic heterocycles. The molecule has 3 rings (SSSR count). The van der Waals surface area contributed by atoms with Gasteiger partial charge in [-0.3, -0.25) is 9.59 Å². The molecule has 0 unspecified atom stereocenters. The topological polar surface area (TPSA) is 107 Å². The molecule has 2 amide bonds. The quantitative estimate of drug-likeness (QED) is 0.563. The summed E-state index contributed by atoms with van der Waals surface area (Å²) in [5, 5.41) is 14.8. The van der Waals surface area contributed by atoms with E-state index in [1.165, 1.54) is 17.8 Å². The van der Waals surface area contributed by atoms with Crippen molar-refractivity contribution < 1.29 is 18.7 Å². The van der Waals surface area contributed by atoms with Crippen LogP contribution in [0.5, 0.6) is 0 Å². The van der Waals surface area contributed by atoms with Gasteiger partial charge in [0.2, 0.25) is 0 Å². The van der Waals surface area contributed by atoms with Crippen molar-refractivity contribution in [3.05, 3.63) is 65.0 Å². The van der Waals surface area contributed by atoms with Gasteiger partial charge >= 0.3 is 0 Å². The standard InChI is InChI=1S/C23H30FN7O3/c1-6-17(9-8-15(3)24)16(4)25-22(32)19-12-18(20-14-34-11-10-31(19)20)23(33)30(7-2)13-21-26-28-29(5)27-21/h6,8-9,12,16H,1,7,10-11,13-14H2,2-5H3,(H,25,32)/b15-8+,17-9+/t16-/m1/s1. The van der Waals surface area contributed by atoms with Gasteiger partial charge in [-0.15, -0.1) is 10.2 Å². The molecule has 0 saturated heterocycles. The summed E-state index contributed by atoms with van der Waals surface area (Å²) in [5.41, 5.74) is 2.07. The Labute approximate surface area is 197 Å². The van der Waals surface area contributed by atoms with E-state index in [2.05, 4.69) is 27.3 Å². The van der Waals surface area contributed by atoms with Crippen LogP contribution in [0.15, 0.2) is 42.3 Å². The number of amides is 2. The van der Waals surface area contributed by atoms with Crippen LogP contribution in [-0.4, -0.2) is 60.7 Å². The summed E-state index contributed by atoms with van der Waals surface area (Å²) in [4.78, 5) is 29.5. The summed E-state index contributed by atoms with van der Waals surface area (Å²) in [6, 6.07) is 1.19. The number of carbonyl (C=O) groups excluding carboxylic acids is 2. The Hall–Kier alpha value is -3.60. The molecule has 0 saturated carbocycles. The molecule has 0 radical (unpaired) electrons. The summed E-state index contributed by atoms with van der Waals surface area (Å²) in [5.74, 6) is -0.512. The number of hydrogen-bond donors (Lipinski definition) is 1. The Morgan fingerprint density at radius 1 is 1.41 bits per heavy atom. The molecule has 1 aliphatic heterocycles. The van der Waals surface area contributed by atoms with Crippen molar-refractivity contribution >= 4 is 11.8 Å². The second-order valence-electron chi connectivity index (χ2n) is 7.93. The maximum absolute atomic E-state index is 13.4. The van der Waals surface area contributed by atoms with E-state index >= 15 is 0 Å². The molecule has 182 valence electrons. The van der Waals surface area contributed by atoms with Crippen LogP contribution in [0.25, 0.3) is 0 Å². The van der Waals surface area contributed by atoms with Crippen LogP contribution in [0.1, 0.15) is 53.1 Å². The average Bonchev–Trinajstić information content (AvgIpc) is 3.40. The summed E-state index contributed by atoms with van der Waals surface area (Å²) < 4.78 is 20.5. The highest BCUT2D eigenvalue weighted by molar-refractivity contribution is 6.00. The van der Waals surface area contributed by atoms with Gasteiger partial charge in [-0.2, -0.15) is 4.80 Å². The predicted molar refractivity (Wildman–Crippen MR) is 123 cm³/mol. The SMILES string of the molecule is C=C/C(=C\C=C(/C)F)[C@@H](C)NC(=O)c1cc(C(=O)N(CC)Cc2nnn(C)n2)c2n1CCOC2. The maximum atomic E-state index is 13.4. The van der Waals surface area contributed by atoms with Gasteiger partial charge in [-0.05, 0) is 43.7 Å². The monoisotopic (exact) mass is 471 g/mol. The normalized spacial score (nSPS) is 15.0. The van der Waals surface area contributed by atoms with Crippen LogP contribution in [0.4, 0.5) is 4.39 Å². The fourth-order valence-electron chi connectivity index (χ4n) is 3.71. The van der Waals surface area contributed by atoms with Crippen molar-refractivity contribution in [3.63, 3.8) is 0 Å². The van der Waals surface area contributed by atoms with E-state index in [1.807, 2.05) is 11.5 Å². The third kappa shape index (κ3) is 5.66. The van der Waals surface area contributed by atoms with Gasteiger partial charge in [0, 0.05) is 13.1 Å². The highest BCUT2D eigenvalue weighted by atomic mass is 19.1. The number of carbonyl (C=O) groups is 2. The fraction of sp³-hybridized carbons (Fsp3) is 0.435. The number of halogens is 1. The summed E-state index contributed by atoms with van der Waals surface area (Å²) in [6.45, 7) is 10.5. The summed E-state index contributed by atoms with van der Waals surface area (Å²) in [6.07, 6.45) is 4.46. The van der Waals surface area contributed by atoms with E-state index in [9.17, 15) is 14.0 Å². The van der Waals surface area contributed by atoms with Crippen molar-refractivity contribution in [1.29, 1.82) is 0 Å². The van der Waals surface area contributed by atoms with Gasteiger partial charge in [-0.1, -0.05) is 18.7 Å². The maximum Gasteiger partial charge on any atom is 0.268 e. The molecule has 1 atom stereocenters. The second-order valence-corrected chi connectivity index (χ2v) is 7.93. The Kier molecular flexibility index (Phi) is 8.11. The van der Waals surface area contributed by atoms with Gasteiger partial charge in [0.25, 0.3) is 11.8 Å². The lowest BCUT2D eigenvalue weighted by Gasteiger charge is -2.22. The van der Waals surface area contributed by atoms with Crippen LogP contribution < -0.4 is 5.32 Å². The predicted octanol–water partition coefficient (Wildman–Crippen LogP) is 2.31. The lowest BCUT2D eigenvalue weighted by molar-refractivity contribution is 0.0697. The van der Waals surface area contributed by atoms with Gasteiger partial charge < -0.3 is 19.5 Å². The number of ether oxygens (including phenoxy) is 1. The first-order valence-corrected chi connectivity index (χ1v) is 11.0. The zero-order valence-corrected chi connectivity index (χ0v) is 19.9. The number of nitrogens with one attached hydrogen (secondary N) is 1. The Morgan fingerprint density at radius 2 is 2.18 bits per heavy atom. The Bertz CT molecular complexity index is 1130. The van der Waals surface area contributed by atoms with Gasteiger partial charge in [0.05, 0.1) is 49.9 Å². The number of rotatable bonds is 9. The molecule has 0 fully saturated rings. The molecule has 0 aromatic carbocycles. The molecular formula is C23H30FN7O3. The molecule has 3 heterocycles. The van der Waals surface area contributed by atoms with Crippen LogP contribution in [-0.2, 0) is 31.5 Å². The van der Waals surface area contributed by atoms with Gasteiger partial charge in [-0.25, -0.2) is 4.39 Å². The van der Waals surface area contributed by atoms with Crippen molar-refractivity contribution in [3.8, 4) is 0 Å². The number of aromatic nitrogens is 5. The molecule has 0 bridgehead atoms. The number of hydrogen-bond acceptors (Lipinski definition) is 6. The van der Waals surface area contributed by atoms with Crippen LogP contribution in [0.3, 0.4) is 0 Å². The van der Waals surface area contributed by atoms with E-state index in [-0.39, 0.29) is 30.8 Å². The van der Waals surface area contributed by atoms with E-state index < -0.39 is 6.04 Å².